The standard InChI is InChI=1S/C33H38B2ClN7O2/c1-7-26(44)41-12-13-42(20(6)16-41)31-23-15-24(36)29(22-11-9-8-10-21(22)14-25(34)35)39-32(23)43(33(45)40-31)30-27(18(2)3)37-17-38-28(30)19(4)5/h7-11,14-15,17-20H,1,12-13,16,34-35H2,2-6H3/t20-/m0/s1. The van der Waals surface area contributed by atoms with Crippen molar-refractivity contribution in [2.75, 3.05) is 24.5 Å². The molecule has 0 saturated carbocycles. The summed E-state index contributed by atoms with van der Waals surface area (Å²) in [5.41, 5.74) is 4.40. The lowest BCUT2D eigenvalue weighted by Crippen LogP contribution is -2.54. The van der Waals surface area contributed by atoms with Crippen molar-refractivity contribution in [1.29, 1.82) is 0 Å². The molecule has 0 radical (unpaired) electrons. The number of hydrogen-bond acceptors (Lipinski definition) is 7. The van der Waals surface area contributed by atoms with Crippen molar-refractivity contribution in [3.8, 4) is 16.9 Å². The van der Waals surface area contributed by atoms with Crippen molar-refractivity contribution in [2.24, 2.45) is 0 Å². The third-order valence-corrected chi connectivity index (χ3v) is 8.33. The number of piperazine rings is 1. The number of amides is 1. The Labute approximate surface area is 270 Å². The third-order valence-electron chi connectivity index (χ3n) is 8.04. The minimum atomic E-state index is -0.480. The van der Waals surface area contributed by atoms with E-state index >= 15 is 0 Å². The maximum atomic E-state index is 14.3. The van der Waals surface area contributed by atoms with Gasteiger partial charge < -0.3 is 9.80 Å². The monoisotopic (exact) mass is 621 g/mol. The molecule has 9 nitrogen and oxygen atoms in total. The highest BCUT2D eigenvalue weighted by atomic mass is 35.5. The van der Waals surface area contributed by atoms with Gasteiger partial charge in [-0.2, -0.15) is 4.98 Å². The first kappa shape index (κ1) is 32.2. The van der Waals surface area contributed by atoms with Crippen LogP contribution >= 0.6 is 11.6 Å². The van der Waals surface area contributed by atoms with E-state index in [0.717, 1.165) is 27.9 Å². The Hall–Kier alpha value is -4.24. The van der Waals surface area contributed by atoms with Crippen molar-refractivity contribution in [1.82, 2.24) is 29.4 Å². The molecular formula is C33H38B2ClN7O2. The number of nitrogens with zero attached hydrogens (tertiary/aromatic N) is 7. The molecule has 4 heterocycles. The SMILES string of the molecule is BC(B)=Cc1ccccc1-c1nc2c(cc1Cl)c(N1CCN(C(=O)C=C)C[C@@H]1C)nc(=O)n2-c1c(C(C)C)ncnc1C(C)C. The Balaban J connectivity index is 1.86. The summed E-state index contributed by atoms with van der Waals surface area (Å²) < 4.78 is 1.56. The number of aromatic nitrogens is 5. The van der Waals surface area contributed by atoms with Crippen LogP contribution in [0.25, 0.3) is 34.1 Å². The van der Waals surface area contributed by atoms with Crippen LogP contribution in [-0.2, 0) is 4.79 Å². The molecule has 1 aromatic carbocycles. The van der Waals surface area contributed by atoms with Crippen LogP contribution < -0.4 is 10.6 Å². The van der Waals surface area contributed by atoms with E-state index in [2.05, 4.69) is 32.5 Å². The predicted octanol–water partition coefficient (Wildman–Crippen LogP) is 3.93. The summed E-state index contributed by atoms with van der Waals surface area (Å²) in [6, 6.07) is 9.69. The Morgan fingerprint density at radius 2 is 1.73 bits per heavy atom. The largest absolute Gasteiger partial charge is 0.355 e. The fourth-order valence-electron chi connectivity index (χ4n) is 5.95. The smallest absolute Gasteiger partial charge is 0.350 e. The van der Waals surface area contributed by atoms with Crippen LogP contribution in [0.5, 0.6) is 0 Å². The minimum absolute atomic E-state index is 0.00258. The molecule has 1 aliphatic heterocycles. The van der Waals surface area contributed by atoms with Crippen molar-refractivity contribution >= 4 is 56.1 Å². The lowest BCUT2D eigenvalue weighted by atomic mass is 9.77. The molecule has 1 saturated heterocycles. The first-order chi connectivity index (χ1) is 21.4. The molecule has 0 spiro atoms. The van der Waals surface area contributed by atoms with Gasteiger partial charge in [-0.3, -0.25) is 4.79 Å². The maximum absolute atomic E-state index is 14.3. The number of halogens is 1. The number of fused-ring (bicyclic) bond motifs is 1. The van der Waals surface area contributed by atoms with Gasteiger partial charge in [-0.25, -0.2) is 24.3 Å². The van der Waals surface area contributed by atoms with E-state index in [-0.39, 0.29) is 23.8 Å². The van der Waals surface area contributed by atoms with E-state index in [1.165, 1.54) is 6.08 Å². The highest BCUT2D eigenvalue weighted by molar-refractivity contribution is 6.50. The number of benzene rings is 1. The van der Waals surface area contributed by atoms with Gasteiger partial charge in [0.2, 0.25) is 5.91 Å². The van der Waals surface area contributed by atoms with Gasteiger partial charge in [0.05, 0.1) is 33.2 Å². The van der Waals surface area contributed by atoms with Gasteiger partial charge in [0.15, 0.2) is 5.65 Å². The molecule has 1 aliphatic rings. The minimum Gasteiger partial charge on any atom is -0.350 e. The van der Waals surface area contributed by atoms with Gasteiger partial charge in [0, 0.05) is 31.2 Å². The number of hydrogen-bond donors (Lipinski definition) is 0. The molecule has 1 atom stereocenters. The zero-order valence-electron chi connectivity index (χ0n) is 27.0. The summed E-state index contributed by atoms with van der Waals surface area (Å²) in [5, 5.41) is 2.21. The highest BCUT2D eigenvalue weighted by Gasteiger charge is 2.31. The van der Waals surface area contributed by atoms with Gasteiger partial charge in [0.1, 0.15) is 27.8 Å². The summed E-state index contributed by atoms with van der Waals surface area (Å²) in [6.45, 7) is 15.2. The Kier molecular flexibility index (Phi) is 9.30. The van der Waals surface area contributed by atoms with Gasteiger partial charge in [-0.15, -0.1) is 5.37 Å². The van der Waals surface area contributed by atoms with Gasteiger partial charge >= 0.3 is 5.69 Å². The molecule has 5 rings (SSSR count). The first-order valence-electron chi connectivity index (χ1n) is 15.3. The van der Waals surface area contributed by atoms with E-state index < -0.39 is 5.69 Å². The van der Waals surface area contributed by atoms with Crippen molar-refractivity contribution in [3.63, 3.8) is 0 Å². The maximum Gasteiger partial charge on any atom is 0.355 e. The normalized spacial score (nSPS) is 15.2. The lowest BCUT2D eigenvalue weighted by Gasteiger charge is -2.40. The van der Waals surface area contributed by atoms with Gasteiger partial charge in [-0.05, 0) is 36.5 Å². The lowest BCUT2D eigenvalue weighted by molar-refractivity contribution is -0.126. The summed E-state index contributed by atoms with van der Waals surface area (Å²) in [4.78, 5) is 49.7. The van der Waals surface area contributed by atoms with Crippen molar-refractivity contribution < 1.29 is 4.79 Å². The predicted molar refractivity (Wildman–Crippen MR) is 188 cm³/mol. The summed E-state index contributed by atoms with van der Waals surface area (Å²) >= 11 is 7.07. The van der Waals surface area contributed by atoms with Gasteiger partial charge in [-0.1, -0.05) is 76.2 Å². The van der Waals surface area contributed by atoms with E-state index in [4.69, 9.17) is 16.6 Å². The summed E-state index contributed by atoms with van der Waals surface area (Å²) in [5.74, 6) is 0.369. The zero-order chi connectivity index (χ0) is 32.6. The molecule has 12 heteroatoms. The highest BCUT2D eigenvalue weighted by Crippen LogP contribution is 2.37. The van der Waals surface area contributed by atoms with Crippen LogP contribution in [0.4, 0.5) is 5.82 Å². The fraction of sp³-hybridized carbons (Fsp3) is 0.333. The summed E-state index contributed by atoms with van der Waals surface area (Å²) in [7, 11) is 4.09. The molecule has 230 valence electrons. The Morgan fingerprint density at radius 1 is 1.07 bits per heavy atom. The molecule has 3 aromatic heterocycles. The van der Waals surface area contributed by atoms with E-state index in [1.807, 2.05) is 80.6 Å². The van der Waals surface area contributed by atoms with Crippen LogP contribution in [0, 0.1) is 0 Å². The van der Waals surface area contributed by atoms with Crippen LogP contribution in [0.1, 0.15) is 63.4 Å². The quantitative estimate of drug-likeness (QED) is 0.228. The number of anilines is 1. The van der Waals surface area contributed by atoms with Crippen molar-refractivity contribution in [3.05, 3.63) is 87.1 Å². The second-order valence-electron chi connectivity index (χ2n) is 12.4. The summed E-state index contributed by atoms with van der Waals surface area (Å²) in [6.07, 6.45) is 4.98. The average molecular weight is 622 g/mol. The molecule has 4 aromatic rings. The van der Waals surface area contributed by atoms with Gasteiger partial charge in [0.25, 0.3) is 0 Å². The molecule has 0 aliphatic carbocycles. The fourth-order valence-corrected chi connectivity index (χ4v) is 6.20. The van der Waals surface area contributed by atoms with E-state index in [0.29, 0.717) is 52.9 Å². The Morgan fingerprint density at radius 3 is 2.33 bits per heavy atom. The second-order valence-corrected chi connectivity index (χ2v) is 12.8. The average Bonchev–Trinajstić information content (AvgIpc) is 3.00. The van der Waals surface area contributed by atoms with E-state index in [1.54, 1.807) is 15.8 Å². The second kappa shape index (κ2) is 13.0. The van der Waals surface area contributed by atoms with Crippen LogP contribution in [0.3, 0.4) is 0 Å². The molecule has 1 amide bonds. The van der Waals surface area contributed by atoms with Crippen LogP contribution in [0.15, 0.2) is 59.5 Å². The molecule has 1 fully saturated rings. The number of pyridine rings is 1. The Bertz CT molecular complexity index is 1860. The molecule has 0 unspecified atom stereocenters. The van der Waals surface area contributed by atoms with E-state index in [9.17, 15) is 9.59 Å². The molecule has 45 heavy (non-hydrogen) atoms. The number of rotatable bonds is 7. The topological polar surface area (TPSA) is 97.1 Å². The number of carbonyl (C=O) groups is 1. The van der Waals surface area contributed by atoms with Crippen LogP contribution in [0.2, 0.25) is 5.02 Å². The first-order valence-corrected chi connectivity index (χ1v) is 15.7. The van der Waals surface area contributed by atoms with Crippen molar-refractivity contribution in [2.45, 2.75) is 52.5 Å². The molecule has 0 bridgehead atoms. The number of carbonyl (C=O) groups excluding carboxylic acids is 1. The third kappa shape index (κ3) is 6.18. The van der Waals surface area contributed by atoms with Crippen LogP contribution in [-0.4, -0.2) is 76.7 Å². The molecule has 0 N–H and O–H groups in total. The molecular weight excluding hydrogens is 583 g/mol. The zero-order valence-corrected chi connectivity index (χ0v) is 27.8.